The molecule has 19 heavy (non-hydrogen) atoms. The number of anilines is 1. The molecule has 1 aliphatic heterocycles. The van der Waals surface area contributed by atoms with Crippen molar-refractivity contribution in [3.8, 4) is 5.75 Å². The lowest BCUT2D eigenvalue weighted by Gasteiger charge is -2.21. The molecule has 1 aromatic rings. The van der Waals surface area contributed by atoms with Crippen molar-refractivity contribution in [2.45, 2.75) is 32.7 Å². The maximum atomic E-state index is 5.86. The topological polar surface area (TPSA) is 24.5 Å². The third-order valence-corrected chi connectivity index (χ3v) is 3.66. The molecule has 1 unspecified atom stereocenters. The van der Waals surface area contributed by atoms with Gasteiger partial charge in [-0.3, -0.25) is 0 Å². The van der Waals surface area contributed by atoms with Crippen molar-refractivity contribution in [1.82, 2.24) is 4.90 Å². The van der Waals surface area contributed by atoms with Crippen molar-refractivity contribution in [3.05, 3.63) is 24.3 Å². The maximum absolute atomic E-state index is 5.86. The van der Waals surface area contributed by atoms with Crippen LogP contribution in [0.3, 0.4) is 0 Å². The molecule has 1 N–H and O–H groups in total. The van der Waals surface area contributed by atoms with Gasteiger partial charge in [-0.25, -0.2) is 0 Å². The number of hydrogen-bond acceptors (Lipinski definition) is 3. The summed E-state index contributed by atoms with van der Waals surface area (Å²) in [5.74, 6) is 1.52. The zero-order valence-corrected chi connectivity index (χ0v) is 12.4. The van der Waals surface area contributed by atoms with Crippen LogP contribution in [0.4, 0.5) is 5.69 Å². The summed E-state index contributed by atoms with van der Waals surface area (Å²) in [7, 11) is 2.21. The minimum atomic E-state index is 0.550. The SMILES string of the molecule is CC(C)COc1ccccc1NCC1CCCN1C. The average molecular weight is 262 g/mol. The van der Waals surface area contributed by atoms with Crippen molar-refractivity contribution in [2.24, 2.45) is 5.92 Å². The van der Waals surface area contributed by atoms with Crippen molar-refractivity contribution in [1.29, 1.82) is 0 Å². The number of likely N-dealkylation sites (tertiary alicyclic amines) is 1. The molecule has 2 rings (SSSR count). The number of nitrogens with zero attached hydrogens (tertiary/aromatic N) is 1. The van der Waals surface area contributed by atoms with Crippen LogP contribution in [0, 0.1) is 5.92 Å². The lowest BCUT2D eigenvalue weighted by Crippen LogP contribution is -2.31. The molecular weight excluding hydrogens is 236 g/mol. The summed E-state index contributed by atoms with van der Waals surface area (Å²) in [4.78, 5) is 2.44. The number of benzene rings is 1. The van der Waals surface area contributed by atoms with Crippen LogP contribution in [0.5, 0.6) is 5.75 Å². The number of ether oxygens (including phenoxy) is 1. The Labute approximate surface area is 116 Å². The van der Waals surface area contributed by atoms with Gasteiger partial charge >= 0.3 is 0 Å². The number of rotatable bonds is 6. The number of nitrogens with one attached hydrogen (secondary N) is 1. The molecule has 1 fully saturated rings. The highest BCUT2D eigenvalue weighted by Crippen LogP contribution is 2.25. The summed E-state index contributed by atoms with van der Waals surface area (Å²) < 4.78 is 5.86. The Morgan fingerprint density at radius 2 is 2.16 bits per heavy atom. The van der Waals surface area contributed by atoms with Gasteiger partial charge in [-0.15, -0.1) is 0 Å². The largest absolute Gasteiger partial charge is 0.491 e. The highest BCUT2D eigenvalue weighted by Gasteiger charge is 2.20. The fourth-order valence-corrected chi connectivity index (χ4v) is 2.46. The quantitative estimate of drug-likeness (QED) is 0.852. The number of para-hydroxylation sites is 2. The second kappa shape index (κ2) is 6.80. The molecule has 1 aliphatic rings. The summed E-state index contributed by atoms with van der Waals surface area (Å²) in [5, 5.41) is 3.54. The van der Waals surface area contributed by atoms with Crippen LogP contribution in [0.1, 0.15) is 26.7 Å². The molecular formula is C16H26N2O. The van der Waals surface area contributed by atoms with Crippen molar-refractivity contribution < 1.29 is 4.74 Å². The van der Waals surface area contributed by atoms with Gasteiger partial charge in [-0.2, -0.15) is 0 Å². The lowest BCUT2D eigenvalue weighted by atomic mass is 10.2. The molecule has 0 radical (unpaired) electrons. The Morgan fingerprint density at radius 1 is 1.37 bits per heavy atom. The van der Waals surface area contributed by atoms with Gasteiger partial charge in [-0.05, 0) is 44.5 Å². The second-order valence-electron chi connectivity index (χ2n) is 5.86. The summed E-state index contributed by atoms with van der Waals surface area (Å²) in [6.45, 7) is 7.32. The van der Waals surface area contributed by atoms with E-state index < -0.39 is 0 Å². The van der Waals surface area contributed by atoms with Gasteiger partial charge in [0.1, 0.15) is 5.75 Å². The fourth-order valence-electron chi connectivity index (χ4n) is 2.46. The van der Waals surface area contributed by atoms with E-state index in [0.717, 1.165) is 24.6 Å². The zero-order valence-electron chi connectivity index (χ0n) is 12.4. The van der Waals surface area contributed by atoms with Crippen LogP contribution < -0.4 is 10.1 Å². The Bertz CT molecular complexity index is 392. The molecule has 0 aliphatic carbocycles. The van der Waals surface area contributed by atoms with E-state index in [0.29, 0.717) is 12.0 Å². The first-order valence-electron chi connectivity index (χ1n) is 7.32. The minimum Gasteiger partial charge on any atom is -0.491 e. The van der Waals surface area contributed by atoms with E-state index in [1.807, 2.05) is 12.1 Å². The van der Waals surface area contributed by atoms with Gasteiger partial charge in [-0.1, -0.05) is 26.0 Å². The van der Waals surface area contributed by atoms with Crippen LogP contribution in [0.2, 0.25) is 0 Å². The molecule has 0 aromatic heterocycles. The molecule has 1 atom stereocenters. The van der Waals surface area contributed by atoms with Crippen molar-refractivity contribution in [3.63, 3.8) is 0 Å². The minimum absolute atomic E-state index is 0.550. The van der Waals surface area contributed by atoms with E-state index in [1.165, 1.54) is 19.4 Å². The predicted octanol–water partition coefficient (Wildman–Crippen LogP) is 3.23. The Morgan fingerprint density at radius 3 is 2.84 bits per heavy atom. The highest BCUT2D eigenvalue weighted by molar-refractivity contribution is 5.56. The van der Waals surface area contributed by atoms with Crippen molar-refractivity contribution >= 4 is 5.69 Å². The standard InChI is InChI=1S/C16H26N2O/c1-13(2)12-19-16-9-5-4-8-15(16)17-11-14-7-6-10-18(14)3/h4-5,8-9,13-14,17H,6-7,10-12H2,1-3H3. The molecule has 1 saturated heterocycles. The highest BCUT2D eigenvalue weighted by atomic mass is 16.5. The summed E-state index contributed by atoms with van der Waals surface area (Å²) in [6.07, 6.45) is 2.60. The van der Waals surface area contributed by atoms with Crippen LogP contribution in [-0.2, 0) is 0 Å². The molecule has 3 nitrogen and oxygen atoms in total. The molecule has 0 amide bonds. The van der Waals surface area contributed by atoms with Gasteiger partial charge in [0.05, 0.1) is 12.3 Å². The van der Waals surface area contributed by atoms with E-state index in [2.05, 4.69) is 43.2 Å². The predicted molar refractivity (Wildman–Crippen MR) is 80.9 cm³/mol. The Hall–Kier alpha value is -1.22. The first-order valence-corrected chi connectivity index (χ1v) is 7.32. The molecule has 1 heterocycles. The van der Waals surface area contributed by atoms with E-state index in [9.17, 15) is 0 Å². The van der Waals surface area contributed by atoms with E-state index in [4.69, 9.17) is 4.74 Å². The molecule has 0 spiro atoms. The fraction of sp³-hybridized carbons (Fsp3) is 0.625. The smallest absolute Gasteiger partial charge is 0.142 e. The van der Waals surface area contributed by atoms with Crippen molar-refractivity contribution in [2.75, 3.05) is 32.1 Å². The van der Waals surface area contributed by atoms with Gasteiger partial charge in [0.25, 0.3) is 0 Å². The summed E-state index contributed by atoms with van der Waals surface area (Å²) in [5.41, 5.74) is 1.11. The van der Waals surface area contributed by atoms with Gasteiger partial charge in [0.2, 0.25) is 0 Å². The molecule has 0 bridgehead atoms. The third kappa shape index (κ3) is 4.13. The molecule has 106 valence electrons. The zero-order chi connectivity index (χ0) is 13.7. The van der Waals surface area contributed by atoms with Gasteiger partial charge < -0.3 is 15.0 Å². The van der Waals surface area contributed by atoms with E-state index in [1.54, 1.807) is 0 Å². The van der Waals surface area contributed by atoms with Gasteiger partial charge in [0, 0.05) is 12.6 Å². The monoisotopic (exact) mass is 262 g/mol. The first-order chi connectivity index (χ1) is 9.16. The second-order valence-corrected chi connectivity index (χ2v) is 5.86. The third-order valence-electron chi connectivity index (χ3n) is 3.66. The first kappa shape index (κ1) is 14.2. The van der Waals surface area contributed by atoms with Gasteiger partial charge in [0.15, 0.2) is 0 Å². The molecule has 0 saturated carbocycles. The van der Waals surface area contributed by atoms with E-state index in [-0.39, 0.29) is 0 Å². The lowest BCUT2D eigenvalue weighted by molar-refractivity contribution is 0.272. The number of hydrogen-bond donors (Lipinski definition) is 1. The number of likely N-dealkylation sites (N-methyl/N-ethyl adjacent to an activating group) is 1. The van der Waals surface area contributed by atoms with Crippen LogP contribution in [-0.4, -0.2) is 37.7 Å². The van der Waals surface area contributed by atoms with Crippen LogP contribution in [0.15, 0.2) is 24.3 Å². The summed E-state index contributed by atoms with van der Waals surface area (Å²) in [6, 6.07) is 8.89. The average Bonchev–Trinajstić information content (AvgIpc) is 2.80. The maximum Gasteiger partial charge on any atom is 0.142 e. The van der Waals surface area contributed by atoms with Crippen LogP contribution >= 0.6 is 0 Å². The molecule has 1 aromatic carbocycles. The van der Waals surface area contributed by atoms with E-state index >= 15 is 0 Å². The molecule has 3 heteroatoms. The van der Waals surface area contributed by atoms with Crippen LogP contribution in [0.25, 0.3) is 0 Å². The Balaban J connectivity index is 1.91. The Kier molecular flexibility index (Phi) is 5.08. The normalized spacial score (nSPS) is 19.9. The summed E-state index contributed by atoms with van der Waals surface area (Å²) >= 11 is 0.